The number of benzene rings is 2. The van der Waals surface area contributed by atoms with Crippen LogP contribution in [-0.2, 0) is 11.2 Å². The van der Waals surface area contributed by atoms with Gasteiger partial charge in [0.05, 0.1) is 10.6 Å². The summed E-state index contributed by atoms with van der Waals surface area (Å²) in [5, 5.41) is 0.275. The number of fused-ring (bicyclic) bond motifs is 1. The molecule has 1 heterocycles. The molecule has 19 heavy (non-hydrogen) atoms. The molecule has 0 spiro atoms. The van der Waals surface area contributed by atoms with Gasteiger partial charge >= 0.3 is 5.97 Å². The quantitative estimate of drug-likeness (QED) is 0.738. The Morgan fingerprint density at radius 3 is 2.79 bits per heavy atom. The summed E-state index contributed by atoms with van der Waals surface area (Å²) in [5.41, 5.74) is 2.13. The Balaban J connectivity index is 1.99. The number of ether oxygens (including phenoxy) is 1. The van der Waals surface area contributed by atoms with Crippen LogP contribution < -0.4 is 0 Å². The summed E-state index contributed by atoms with van der Waals surface area (Å²) in [7, 11) is 0. The van der Waals surface area contributed by atoms with Gasteiger partial charge < -0.3 is 4.74 Å². The van der Waals surface area contributed by atoms with Crippen LogP contribution in [0.15, 0.2) is 42.5 Å². The van der Waals surface area contributed by atoms with Crippen LogP contribution in [0.3, 0.4) is 0 Å². The van der Waals surface area contributed by atoms with Crippen LogP contribution >= 0.6 is 11.6 Å². The van der Waals surface area contributed by atoms with E-state index in [0.29, 0.717) is 17.5 Å². The third-order valence-corrected chi connectivity index (χ3v) is 3.53. The molecule has 1 unspecified atom stereocenters. The van der Waals surface area contributed by atoms with Gasteiger partial charge in [0.25, 0.3) is 0 Å². The first kappa shape index (κ1) is 12.2. The molecule has 0 saturated carbocycles. The van der Waals surface area contributed by atoms with Crippen molar-refractivity contribution in [3.05, 3.63) is 70.0 Å². The smallest absolute Gasteiger partial charge is 0.339 e. The molecule has 0 bridgehead atoms. The average molecular weight is 277 g/mol. The van der Waals surface area contributed by atoms with Gasteiger partial charge in [0.1, 0.15) is 11.9 Å². The first-order valence-corrected chi connectivity index (χ1v) is 6.27. The average Bonchev–Trinajstić information content (AvgIpc) is 2.38. The Hall–Kier alpha value is -1.87. The molecule has 96 valence electrons. The maximum Gasteiger partial charge on any atom is 0.339 e. The second kappa shape index (κ2) is 4.67. The molecule has 3 rings (SSSR count). The molecule has 0 N–H and O–H groups in total. The number of carbonyl (C=O) groups excluding carboxylic acids is 1. The Kier molecular flexibility index (Phi) is 2.99. The third kappa shape index (κ3) is 2.22. The van der Waals surface area contributed by atoms with Gasteiger partial charge in [-0.05, 0) is 23.8 Å². The Bertz CT molecular complexity index is 654. The lowest BCUT2D eigenvalue weighted by Crippen LogP contribution is -2.21. The van der Waals surface area contributed by atoms with Crippen molar-refractivity contribution in [2.75, 3.05) is 0 Å². The van der Waals surface area contributed by atoms with Gasteiger partial charge in [-0.25, -0.2) is 9.18 Å². The number of hydrogen-bond acceptors (Lipinski definition) is 2. The van der Waals surface area contributed by atoms with Crippen LogP contribution in [0.5, 0.6) is 0 Å². The molecule has 0 saturated heterocycles. The predicted molar refractivity (Wildman–Crippen MR) is 69.7 cm³/mol. The summed E-state index contributed by atoms with van der Waals surface area (Å²) in [6.07, 6.45) is 0.0864. The molecule has 1 aliphatic heterocycles. The van der Waals surface area contributed by atoms with Crippen molar-refractivity contribution in [3.63, 3.8) is 0 Å². The van der Waals surface area contributed by atoms with Crippen molar-refractivity contribution in [1.82, 2.24) is 0 Å². The van der Waals surface area contributed by atoms with Crippen molar-refractivity contribution >= 4 is 17.6 Å². The van der Waals surface area contributed by atoms with E-state index < -0.39 is 11.9 Å². The maximum atomic E-state index is 13.0. The third-order valence-electron chi connectivity index (χ3n) is 3.20. The number of cyclic esters (lactones) is 1. The van der Waals surface area contributed by atoms with Crippen LogP contribution in [0.25, 0.3) is 0 Å². The minimum Gasteiger partial charge on any atom is -0.453 e. The van der Waals surface area contributed by atoms with E-state index in [9.17, 15) is 9.18 Å². The van der Waals surface area contributed by atoms with Crippen molar-refractivity contribution in [1.29, 1.82) is 0 Å². The van der Waals surface area contributed by atoms with Crippen LogP contribution in [0.2, 0.25) is 5.02 Å². The van der Waals surface area contributed by atoms with E-state index in [1.807, 2.05) is 12.1 Å². The van der Waals surface area contributed by atoms with E-state index in [1.54, 1.807) is 18.2 Å². The zero-order valence-electron chi connectivity index (χ0n) is 9.90. The summed E-state index contributed by atoms with van der Waals surface area (Å²) in [4.78, 5) is 11.9. The molecule has 2 nitrogen and oxygen atoms in total. The van der Waals surface area contributed by atoms with Gasteiger partial charge in [-0.15, -0.1) is 0 Å². The minimum atomic E-state index is -0.463. The minimum absolute atomic E-state index is 0.275. The van der Waals surface area contributed by atoms with Crippen LogP contribution in [-0.4, -0.2) is 5.97 Å². The lowest BCUT2D eigenvalue weighted by molar-refractivity contribution is 0.0253. The van der Waals surface area contributed by atoms with Gasteiger partial charge in [-0.2, -0.15) is 0 Å². The van der Waals surface area contributed by atoms with Crippen molar-refractivity contribution in [2.45, 2.75) is 12.5 Å². The maximum absolute atomic E-state index is 13.0. The highest BCUT2D eigenvalue weighted by atomic mass is 35.5. The molecule has 1 aliphatic rings. The number of esters is 1. The SMILES string of the molecule is O=C1OC(c2ccc(F)cc2Cl)Cc2ccccc21. The Labute approximate surface area is 114 Å². The van der Waals surface area contributed by atoms with E-state index in [4.69, 9.17) is 16.3 Å². The van der Waals surface area contributed by atoms with Gasteiger partial charge in [0.2, 0.25) is 0 Å². The molecule has 0 fully saturated rings. The second-order valence-corrected chi connectivity index (χ2v) is 4.83. The zero-order valence-corrected chi connectivity index (χ0v) is 10.7. The second-order valence-electron chi connectivity index (χ2n) is 4.42. The van der Waals surface area contributed by atoms with E-state index in [2.05, 4.69) is 0 Å². The lowest BCUT2D eigenvalue weighted by Gasteiger charge is -2.25. The molecule has 1 atom stereocenters. The van der Waals surface area contributed by atoms with E-state index in [0.717, 1.165) is 5.56 Å². The molecular weight excluding hydrogens is 267 g/mol. The van der Waals surface area contributed by atoms with Gasteiger partial charge in [-0.3, -0.25) is 0 Å². The molecule has 4 heteroatoms. The fraction of sp³-hybridized carbons (Fsp3) is 0.133. The number of halogens is 2. The molecule has 2 aromatic rings. The highest BCUT2D eigenvalue weighted by Gasteiger charge is 2.28. The first-order valence-electron chi connectivity index (χ1n) is 5.89. The fourth-order valence-electron chi connectivity index (χ4n) is 2.27. The first-order chi connectivity index (χ1) is 9.15. The van der Waals surface area contributed by atoms with Crippen molar-refractivity contribution in [2.24, 2.45) is 0 Å². The summed E-state index contributed by atoms with van der Waals surface area (Å²) in [6, 6.07) is 11.4. The summed E-state index contributed by atoms with van der Waals surface area (Å²) >= 11 is 6.01. The molecular formula is C15H10ClFO2. The van der Waals surface area contributed by atoms with Crippen molar-refractivity contribution in [3.8, 4) is 0 Å². The molecule has 2 aromatic carbocycles. The van der Waals surface area contributed by atoms with Gasteiger partial charge in [-0.1, -0.05) is 35.9 Å². The summed E-state index contributed by atoms with van der Waals surface area (Å²) < 4.78 is 18.4. The van der Waals surface area contributed by atoms with Crippen LogP contribution in [0.1, 0.15) is 27.6 Å². The normalized spacial score (nSPS) is 17.8. The standard InChI is InChI=1S/C15H10ClFO2/c16-13-8-10(17)5-6-12(13)14-7-9-3-1-2-4-11(9)15(18)19-14/h1-6,8,14H,7H2. The Morgan fingerprint density at radius 1 is 1.21 bits per heavy atom. The molecule has 0 radical (unpaired) electrons. The van der Waals surface area contributed by atoms with E-state index in [1.165, 1.54) is 12.1 Å². The highest BCUT2D eigenvalue weighted by Crippen LogP contribution is 2.34. The van der Waals surface area contributed by atoms with Gasteiger partial charge in [0, 0.05) is 12.0 Å². The van der Waals surface area contributed by atoms with E-state index >= 15 is 0 Å². The Morgan fingerprint density at radius 2 is 2.00 bits per heavy atom. The number of hydrogen-bond donors (Lipinski definition) is 0. The van der Waals surface area contributed by atoms with Crippen molar-refractivity contribution < 1.29 is 13.9 Å². The molecule has 0 amide bonds. The summed E-state index contributed by atoms with van der Waals surface area (Å²) in [5.74, 6) is -0.775. The van der Waals surface area contributed by atoms with Crippen LogP contribution in [0, 0.1) is 5.82 Å². The van der Waals surface area contributed by atoms with Gasteiger partial charge in [0.15, 0.2) is 0 Å². The number of rotatable bonds is 1. The monoisotopic (exact) mass is 276 g/mol. The summed E-state index contributed by atoms with van der Waals surface area (Å²) in [6.45, 7) is 0. The highest BCUT2D eigenvalue weighted by molar-refractivity contribution is 6.31. The lowest BCUT2D eigenvalue weighted by atomic mass is 9.95. The fourth-order valence-corrected chi connectivity index (χ4v) is 2.56. The van der Waals surface area contributed by atoms with Crippen LogP contribution in [0.4, 0.5) is 4.39 Å². The number of carbonyl (C=O) groups is 1. The topological polar surface area (TPSA) is 26.3 Å². The molecule has 0 aromatic heterocycles. The zero-order chi connectivity index (χ0) is 13.4. The largest absolute Gasteiger partial charge is 0.453 e. The predicted octanol–water partition coefficient (Wildman–Crippen LogP) is 3.93. The van der Waals surface area contributed by atoms with E-state index in [-0.39, 0.29) is 11.0 Å². The molecule has 0 aliphatic carbocycles.